The molecule has 1 aliphatic rings. The summed E-state index contributed by atoms with van der Waals surface area (Å²) in [7, 11) is 0. The van der Waals surface area contributed by atoms with Gasteiger partial charge >= 0.3 is 0 Å². The van der Waals surface area contributed by atoms with Crippen molar-refractivity contribution in [2.75, 3.05) is 6.61 Å². The molecule has 0 saturated carbocycles. The molecule has 13 heavy (non-hydrogen) atoms. The van der Waals surface area contributed by atoms with Crippen LogP contribution >= 0.6 is 0 Å². The minimum atomic E-state index is -0.161. The maximum absolute atomic E-state index is 9.05. The molecule has 0 aromatic rings. The average Bonchev–Trinajstić information content (AvgIpc) is 2.27. The van der Waals surface area contributed by atoms with Crippen molar-refractivity contribution in [1.29, 1.82) is 0 Å². The molecule has 0 aromatic heterocycles. The molecule has 0 bridgehead atoms. The Morgan fingerprint density at radius 3 is 2.54 bits per heavy atom. The van der Waals surface area contributed by atoms with Crippen molar-refractivity contribution < 1.29 is 14.6 Å². The maximum atomic E-state index is 9.05. The largest absolute Gasteiger partial charge is 0.394 e. The second kappa shape index (κ2) is 3.95. The van der Waals surface area contributed by atoms with Gasteiger partial charge in [-0.1, -0.05) is 0 Å². The van der Waals surface area contributed by atoms with Crippen LogP contribution in [0.15, 0.2) is 0 Å². The maximum Gasteiger partial charge on any atom is 0.107 e. The van der Waals surface area contributed by atoms with Gasteiger partial charge in [0.05, 0.1) is 24.4 Å². The van der Waals surface area contributed by atoms with Gasteiger partial charge in [-0.05, 0) is 27.7 Å². The SMILES string of the molecule is C[C@@H]1CC(OC(C)(C)C)[C@@H](CO)O1. The first-order chi connectivity index (χ1) is 5.92. The molecule has 3 heteroatoms. The molecule has 1 heterocycles. The number of rotatable bonds is 2. The predicted molar refractivity (Wildman–Crippen MR) is 50.7 cm³/mol. The minimum absolute atomic E-state index is 0.0417. The summed E-state index contributed by atoms with van der Waals surface area (Å²) in [5.74, 6) is 0. The Kier molecular flexibility index (Phi) is 3.33. The van der Waals surface area contributed by atoms with Crippen LogP contribution in [-0.2, 0) is 9.47 Å². The van der Waals surface area contributed by atoms with E-state index < -0.39 is 0 Å². The number of hydrogen-bond acceptors (Lipinski definition) is 3. The number of aliphatic hydroxyl groups excluding tert-OH is 1. The number of aliphatic hydroxyl groups is 1. The molecule has 1 N–H and O–H groups in total. The highest BCUT2D eigenvalue weighted by molar-refractivity contribution is 4.82. The summed E-state index contributed by atoms with van der Waals surface area (Å²) in [6, 6.07) is 0. The van der Waals surface area contributed by atoms with Crippen LogP contribution in [0, 0.1) is 0 Å². The molecular weight excluding hydrogens is 168 g/mol. The lowest BCUT2D eigenvalue weighted by atomic mass is 10.1. The van der Waals surface area contributed by atoms with Crippen LogP contribution in [0.4, 0.5) is 0 Å². The highest BCUT2D eigenvalue weighted by Gasteiger charge is 2.35. The summed E-state index contributed by atoms with van der Waals surface area (Å²) in [6.07, 6.45) is 0.974. The Bertz CT molecular complexity index is 162. The Labute approximate surface area is 80.0 Å². The van der Waals surface area contributed by atoms with E-state index in [1.165, 1.54) is 0 Å². The van der Waals surface area contributed by atoms with Crippen molar-refractivity contribution in [3.8, 4) is 0 Å². The van der Waals surface area contributed by atoms with Crippen molar-refractivity contribution in [3.05, 3.63) is 0 Å². The molecule has 1 aliphatic heterocycles. The minimum Gasteiger partial charge on any atom is -0.394 e. The van der Waals surface area contributed by atoms with Gasteiger partial charge in [-0.25, -0.2) is 0 Å². The van der Waals surface area contributed by atoms with E-state index in [0.717, 1.165) is 6.42 Å². The normalized spacial score (nSPS) is 35.3. The Hall–Kier alpha value is -0.120. The monoisotopic (exact) mass is 188 g/mol. The molecular formula is C10H20O3. The van der Waals surface area contributed by atoms with Crippen LogP contribution in [0.25, 0.3) is 0 Å². The zero-order valence-electron chi connectivity index (χ0n) is 8.91. The number of hydrogen-bond donors (Lipinski definition) is 1. The molecule has 3 atom stereocenters. The molecule has 3 nitrogen and oxygen atoms in total. The Morgan fingerprint density at radius 1 is 1.46 bits per heavy atom. The highest BCUT2D eigenvalue weighted by Crippen LogP contribution is 2.26. The third-order valence-corrected chi connectivity index (χ3v) is 2.07. The van der Waals surface area contributed by atoms with Crippen molar-refractivity contribution in [1.82, 2.24) is 0 Å². The fraction of sp³-hybridized carbons (Fsp3) is 1.00. The van der Waals surface area contributed by atoms with E-state index in [2.05, 4.69) is 0 Å². The lowest BCUT2D eigenvalue weighted by Gasteiger charge is -2.26. The lowest BCUT2D eigenvalue weighted by molar-refractivity contribution is -0.101. The molecule has 0 aliphatic carbocycles. The van der Waals surface area contributed by atoms with Gasteiger partial charge in [0.2, 0.25) is 0 Å². The molecule has 1 rings (SSSR count). The van der Waals surface area contributed by atoms with Crippen molar-refractivity contribution in [2.24, 2.45) is 0 Å². The zero-order chi connectivity index (χ0) is 10.1. The van der Waals surface area contributed by atoms with Crippen molar-refractivity contribution in [3.63, 3.8) is 0 Å². The van der Waals surface area contributed by atoms with Gasteiger partial charge in [-0.15, -0.1) is 0 Å². The summed E-state index contributed by atoms with van der Waals surface area (Å²) >= 11 is 0. The zero-order valence-corrected chi connectivity index (χ0v) is 8.91. The molecule has 78 valence electrons. The molecule has 0 aromatic carbocycles. The quantitative estimate of drug-likeness (QED) is 0.710. The second-order valence-electron chi connectivity index (χ2n) is 4.67. The fourth-order valence-electron chi connectivity index (χ4n) is 1.66. The van der Waals surface area contributed by atoms with E-state index in [1.807, 2.05) is 27.7 Å². The van der Waals surface area contributed by atoms with Crippen LogP contribution in [0.5, 0.6) is 0 Å². The van der Waals surface area contributed by atoms with Crippen LogP contribution in [0.1, 0.15) is 34.1 Å². The average molecular weight is 188 g/mol. The summed E-state index contributed by atoms with van der Waals surface area (Å²) in [5.41, 5.74) is -0.161. The standard InChI is InChI=1S/C10H20O3/c1-7-5-8(9(6-11)12-7)13-10(2,3)4/h7-9,11H,5-6H2,1-4H3/t7-,8?,9-/m1/s1. The molecule has 1 unspecified atom stereocenters. The van der Waals surface area contributed by atoms with Gasteiger partial charge in [0.25, 0.3) is 0 Å². The van der Waals surface area contributed by atoms with Gasteiger partial charge in [0.15, 0.2) is 0 Å². The molecule has 0 spiro atoms. The van der Waals surface area contributed by atoms with Gasteiger partial charge in [-0.3, -0.25) is 0 Å². The highest BCUT2D eigenvalue weighted by atomic mass is 16.6. The predicted octanol–water partition coefficient (Wildman–Crippen LogP) is 1.34. The topological polar surface area (TPSA) is 38.7 Å². The van der Waals surface area contributed by atoms with Crippen molar-refractivity contribution >= 4 is 0 Å². The first kappa shape index (κ1) is 11.0. The van der Waals surface area contributed by atoms with Gasteiger partial charge < -0.3 is 14.6 Å². The van der Waals surface area contributed by atoms with Crippen LogP contribution < -0.4 is 0 Å². The van der Waals surface area contributed by atoms with Crippen LogP contribution in [0.2, 0.25) is 0 Å². The summed E-state index contributed by atoms with van der Waals surface area (Å²) in [6.45, 7) is 8.11. The molecule has 0 amide bonds. The van der Waals surface area contributed by atoms with Crippen LogP contribution in [0.3, 0.4) is 0 Å². The fourth-order valence-corrected chi connectivity index (χ4v) is 1.66. The second-order valence-corrected chi connectivity index (χ2v) is 4.67. The van der Waals surface area contributed by atoms with E-state index >= 15 is 0 Å². The Balaban J connectivity index is 2.49. The summed E-state index contributed by atoms with van der Waals surface area (Å²) < 4.78 is 11.3. The smallest absolute Gasteiger partial charge is 0.107 e. The summed E-state index contributed by atoms with van der Waals surface area (Å²) in [4.78, 5) is 0. The summed E-state index contributed by atoms with van der Waals surface area (Å²) in [5, 5.41) is 9.05. The first-order valence-corrected chi connectivity index (χ1v) is 4.86. The third kappa shape index (κ3) is 3.25. The first-order valence-electron chi connectivity index (χ1n) is 4.86. The lowest BCUT2D eigenvalue weighted by Crippen LogP contribution is -2.34. The van der Waals surface area contributed by atoms with Gasteiger partial charge in [0, 0.05) is 6.42 Å². The van der Waals surface area contributed by atoms with Gasteiger partial charge in [-0.2, -0.15) is 0 Å². The van der Waals surface area contributed by atoms with E-state index in [4.69, 9.17) is 14.6 Å². The van der Waals surface area contributed by atoms with E-state index in [1.54, 1.807) is 0 Å². The molecule has 1 saturated heterocycles. The van der Waals surface area contributed by atoms with E-state index in [0.29, 0.717) is 0 Å². The van der Waals surface area contributed by atoms with E-state index in [9.17, 15) is 0 Å². The van der Waals surface area contributed by atoms with E-state index in [-0.39, 0.29) is 30.5 Å². The third-order valence-electron chi connectivity index (χ3n) is 2.07. The number of ether oxygens (including phenoxy) is 2. The van der Waals surface area contributed by atoms with Crippen LogP contribution in [-0.4, -0.2) is 35.6 Å². The molecule has 0 radical (unpaired) electrons. The van der Waals surface area contributed by atoms with Crippen molar-refractivity contribution in [2.45, 2.75) is 58.0 Å². The molecule has 1 fully saturated rings. The Morgan fingerprint density at radius 2 is 2.08 bits per heavy atom. The van der Waals surface area contributed by atoms with Gasteiger partial charge in [0.1, 0.15) is 6.10 Å².